The highest BCUT2D eigenvalue weighted by Gasteiger charge is 2.13. The van der Waals surface area contributed by atoms with Gasteiger partial charge in [-0.25, -0.2) is 4.98 Å². The number of aromatic nitrogens is 2. The second kappa shape index (κ2) is 7.80. The summed E-state index contributed by atoms with van der Waals surface area (Å²) in [6.07, 6.45) is 3.47. The molecule has 0 fully saturated rings. The largest absolute Gasteiger partial charge is 0.355 e. The van der Waals surface area contributed by atoms with E-state index in [2.05, 4.69) is 20.6 Å². The van der Waals surface area contributed by atoms with Crippen LogP contribution < -0.4 is 10.6 Å². The minimum Gasteiger partial charge on any atom is -0.355 e. The Morgan fingerprint density at radius 3 is 2.56 bits per heavy atom. The predicted molar refractivity (Wildman–Crippen MR) is 109 cm³/mol. The molecule has 2 N–H and O–H groups in total. The van der Waals surface area contributed by atoms with Gasteiger partial charge in [-0.2, -0.15) is 0 Å². The van der Waals surface area contributed by atoms with Crippen LogP contribution in [0.3, 0.4) is 0 Å². The van der Waals surface area contributed by atoms with E-state index < -0.39 is 0 Å². The standard InChI is InChI=1S/C21H16N4OS/c26-20(25-21-24-19(14-27-21)15-7-6-12-22-13-15)17-10-4-5-11-18(17)23-16-8-2-1-3-9-16/h1-14,23H,(H,24,25,26). The third-order valence-electron chi connectivity index (χ3n) is 3.91. The highest BCUT2D eigenvalue weighted by molar-refractivity contribution is 7.14. The van der Waals surface area contributed by atoms with Crippen molar-refractivity contribution in [2.45, 2.75) is 0 Å². The number of carbonyl (C=O) groups is 1. The number of nitrogens with one attached hydrogen (secondary N) is 2. The first-order valence-corrected chi connectivity index (χ1v) is 9.26. The molecule has 4 aromatic rings. The fourth-order valence-electron chi connectivity index (χ4n) is 2.61. The van der Waals surface area contributed by atoms with E-state index in [0.29, 0.717) is 10.7 Å². The second-order valence-electron chi connectivity index (χ2n) is 5.77. The molecule has 132 valence electrons. The number of hydrogen-bond donors (Lipinski definition) is 2. The predicted octanol–water partition coefficient (Wildman–Crippen LogP) is 5.20. The topological polar surface area (TPSA) is 66.9 Å². The third kappa shape index (κ3) is 4.02. The van der Waals surface area contributed by atoms with E-state index in [9.17, 15) is 4.79 Å². The van der Waals surface area contributed by atoms with Crippen LogP contribution in [0.4, 0.5) is 16.5 Å². The SMILES string of the molecule is O=C(Nc1nc(-c2cccnc2)cs1)c1ccccc1Nc1ccccc1. The summed E-state index contributed by atoms with van der Waals surface area (Å²) in [6, 6.07) is 20.9. The summed E-state index contributed by atoms with van der Waals surface area (Å²) in [5.41, 5.74) is 3.93. The Morgan fingerprint density at radius 2 is 1.74 bits per heavy atom. The van der Waals surface area contributed by atoms with Crippen molar-refractivity contribution >= 4 is 33.8 Å². The Hall–Kier alpha value is -3.51. The molecule has 0 aliphatic heterocycles. The van der Waals surface area contributed by atoms with Gasteiger partial charge < -0.3 is 5.32 Å². The maximum Gasteiger partial charge on any atom is 0.259 e. The van der Waals surface area contributed by atoms with E-state index in [1.54, 1.807) is 18.5 Å². The zero-order valence-corrected chi connectivity index (χ0v) is 15.1. The summed E-state index contributed by atoms with van der Waals surface area (Å²) in [5.74, 6) is -0.207. The van der Waals surface area contributed by atoms with E-state index >= 15 is 0 Å². The van der Waals surface area contributed by atoms with Crippen LogP contribution in [0, 0.1) is 0 Å². The lowest BCUT2D eigenvalue weighted by Crippen LogP contribution is -2.13. The number of carbonyl (C=O) groups excluding carboxylic acids is 1. The first kappa shape index (κ1) is 16.9. The third-order valence-corrected chi connectivity index (χ3v) is 4.66. The fourth-order valence-corrected chi connectivity index (χ4v) is 3.32. The Bertz CT molecular complexity index is 1050. The Labute approximate surface area is 160 Å². The molecule has 0 aliphatic rings. The molecule has 1 amide bonds. The van der Waals surface area contributed by atoms with Crippen molar-refractivity contribution in [1.29, 1.82) is 0 Å². The Morgan fingerprint density at radius 1 is 0.926 bits per heavy atom. The number of hydrogen-bond acceptors (Lipinski definition) is 5. The van der Waals surface area contributed by atoms with Crippen molar-refractivity contribution < 1.29 is 4.79 Å². The number of para-hydroxylation sites is 2. The van der Waals surface area contributed by atoms with Crippen LogP contribution in [-0.2, 0) is 0 Å². The number of benzene rings is 2. The molecule has 27 heavy (non-hydrogen) atoms. The van der Waals surface area contributed by atoms with Crippen molar-refractivity contribution in [3.05, 3.63) is 90.1 Å². The average Bonchev–Trinajstić information content (AvgIpc) is 3.18. The fraction of sp³-hybridized carbons (Fsp3) is 0. The monoisotopic (exact) mass is 372 g/mol. The zero-order chi connectivity index (χ0) is 18.5. The van der Waals surface area contributed by atoms with E-state index in [1.165, 1.54) is 11.3 Å². The molecular formula is C21H16N4OS. The molecule has 5 nitrogen and oxygen atoms in total. The van der Waals surface area contributed by atoms with E-state index in [4.69, 9.17) is 0 Å². The molecular weight excluding hydrogens is 356 g/mol. The van der Waals surface area contributed by atoms with Gasteiger partial charge in [0, 0.05) is 29.0 Å². The van der Waals surface area contributed by atoms with Crippen molar-refractivity contribution in [3.8, 4) is 11.3 Å². The van der Waals surface area contributed by atoms with Crippen LogP contribution in [0.1, 0.15) is 10.4 Å². The van der Waals surface area contributed by atoms with Crippen LogP contribution in [-0.4, -0.2) is 15.9 Å². The molecule has 2 aromatic heterocycles. The quantitative estimate of drug-likeness (QED) is 0.505. The van der Waals surface area contributed by atoms with E-state index in [0.717, 1.165) is 22.6 Å². The van der Waals surface area contributed by atoms with Crippen LogP contribution in [0.15, 0.2) is 84.5 Å². The van der Waals surface area contributed by atoms with Crippen molar-refractivity contribution in [2.24, 2.45) is 0 Å². The van der Waals surface area contributed by atoms with Crippen LogP contribution in [0.5, 0.6) is 0 Å². The number of thiazole rings is 1. The summed E-state index contributed by atoms with van der Waals surface area (Å²) >= 11 is 1.39. The van der Waals surface area contributed by atoms with Crippen molar-refractivity contribution in [2.75, 3.05) is 10.6 Å². The summed E-state index contributed by atoms with van der Waals surface area (Å²) in [7, 11) is 0. The van der Waals surface area contributed by atoms with Gasteiger partial charge in [0.2, 0.25) is 0 Å². The van der Waals surface area contributed by atoms with Gasteiger partial charge in [0.25, 0.3) is 5.91 Å². The molecule has 0 aliphatic carbocycles. The summed E-state index contributed by atoms with van der Waals surface area (Å²) in [5, 5.41) is 8.62. The molecule has 0 saturated heterocycles. The Balaban J connectivity index is 1.53. The number of amides is 1. The average molecular weight is 372 g/mol. The molecule has 0 spiro atoms. The smallest absolute Gasteiger partial charge is 0.259 e. The molecule has 0 bridgehead atoms. The molecule has 4 rings (SSSR count). The molecule has 2 aromatic carbocycles. The van der Waals surface area contributed by atoms with Gasteiger partial charge in [-0.1, -0.05) is 30.3 Å². The molecule has 0 unspecified atom stereocenters. The van der Waals surface area contributed by atoms with E-state index in [1.807, 2.05) is 66.0 Å². The first-order chi connectivity index (χ1) is 13.3. The van der Waals surface area contributed by atoms with Crippen LogP contribution in [0.2, 0.25) is 0 Å². The Kier molecular flexibility index (Phi) is 4.89. The number of rotatable bonds is 5. The lowest BCUT2D eigenvalue weighted by molar-refractivity contribution is 0.102. The second-order valence-corrected chi connectivity index (χ2v) is 6.63. The van der Waals surface area contributed by atoms with Gasteiger partial charge in [-0.15, -0.1) is 11.3 Å². The maximum absolute atomic E-state index is 12.8. The van der Waals surface area contributed by atoms with Gasteiger partial charge in [-0.3, -0.25) is 15.1 Å². The minimum atomic E-state index is -0.207. The van der Waals surface area contributed by atoms with Crippen molar-refractivity contribution in [3.63, 3.8) is 0 Å². The number of nitrogens with zero attached hydrogens (tertiary/aromatic N) is 2. The highest BCUT2D eigenvalue weighted by atomic mass is 32.1. The minimum absolute atomic E-state index is 0.207. The molecule has 0 saturated carbocycles. The van der Waals surface area contributed by atoms with Crippen LogP contribution >= 0.6 is 11.3 Å². The molecule has 0 atom stereocenters. The van der Waals surface area contributed by atoms with Gasteiger partial charge >= 0.3 is 0 Å². The van der Waals surface area contributed by atoms with Gasteiger partial charge in [0.1, 0.15) is 0 Å². The van der Waals surface area contributed by atoms with Gasteiger partial charge in [0.15, 0.2) is 5.13 Å². The number of pyridine rings is 1. The van der Waals surface area contributed by atoms with Gasteiger partial charge in [-0.05, 0) is 36.4 Å². The summed E-state index contributed by atoms with van der Waals surface area (Å²) in [6.45, 7) is 0. The lowest BCUT2D eigenvalue weighted by Gasteiger charge is -2.11. The number of anilines is 3. The van der Waals surface area contributed by atoms with E-state index in [-0.39, 0.29) is 5.91 Å². The summed E-state index contributed by atoms with van der Waals surface area (Å²) < 4.78 is 0. The summed E-state index contributed by atoms with van der Waals surface area (Å²) in [4.78, 5) is 21.4. The molecule has 0 radical (unpaired) electrons. The molecule has 2 heterocycles. The molecule has 6 heteroatoms. The zero-order valence-electron chi connectivity index (χ0n) is 14.3. The van der Waals surface area contributed by atoms with Crippen LogP contribution in [0.25, 0.3) is 11.3 Å². The maximum atomic E-state index is 12.8. The highest BCUT2D eigenvalue weighted by Crippen LogP contribution is 2.26. The lowest BCUT2D eigenvalue weighted by atomic mass is 10.1. The first-order valence-electron chi connectivity index (χ1n) is 8.38. The van der Waals surface area contributed by atoms with Gasteiger partial charge in [0.05, 0.1) is 16.9 Å². The van der Waals surface area contributed by atoms with Crippen molar-refractivity contribution in [1.82, 2.24) is 9.97 Å². The normalized spacial score (nSPS) is 10.4.